The third kappa shape index (κ3) is 4.72. The molecule has 0 aliphatic carbocycles. The summed E-state index contributed by atoms with van der Waals surface area (Å²) in [7, 11) is 0. The van der Waals surface area contributed by atoms with Gasteiger partial charge in [0.25, 0.3) is 5.24 Å². The number of amides is 2. The fourth-order valence-corrected chi connectivity index (χ4v) is 4.90. The number of hydrogen-bond donors (Lipinski definition) is 1. The van der Waals surface area contributed by atoms with Crippen molar-refractivity contribution < 1.29 is 23.5 Å². The van der Waals surface area contributed by atoms with E-state index in [1.165, 1.54) is 0 Å². The molecule has 2 unspecified atom stereocenters. The van der Waals surface area contributed by atoms with E-state index in [1.54, 1.807) is 49.4 Å². The number of oxazole rings is 1. The summed E-state index contributed by atoms with van der Waals surface area (Å²) >= 11 is 2.57. The van der Waals surface area contributed by atoms with E-state index < -0.39 is 17.3 Å². The van der Waals surface area contributed by atoms with Gasteiger partial charge in [-0.15, -0.1) is 11.3 Å². The van der Waals surface area contributed by atoms with Crippen LogP contribution in [0.2, 0.25) is 0 Å². The lowest BCUT2D eigenvalue weighted by atomic mass is 10.1. The van der Waals surface area contributed by atoms with Gasteiger partial charge in [-0.2, -0.15) is 0 Å². The van der Waals surface area contributed by atoms with E-state index in [9.17, 15) is 14.4 Å². The SMILES string of the molecule is Cc1ccc(-c2nc(C(C)OC(=O)c3ccc(CC4SC(=O)NC4=O)cc3)c(C)o2)s1. The lowest BCUT2D eigenvalue weighted by molar-refractivity contribution is -0.118. The zero-order chi connectivity index (χ0) is 22.1. The highest BCUT2D eigenvalue weighted by Crippen LogP contribution is 2.31. The molecule has 0 saturated carbocycles. The molecule has 31 heavy (non-hydrogen) atoms. The molecule has 0 radical (unpaired) electrons. The van der Waals surface area contributed by atoms with E-state index in [2.05, 4.69) is 10.3 Å². The zero-order valence-electron chi connectivity index (χ0n) is 17.1. The van der Waals surface area contributed by atoms with Crippen LogP contribution in [0.3, 0.4) is 0 Å². The maximum atomic E-state index is 12.6. The minimum Gasteiger partial charge on any atom is -0.452 e. The molecule has 2 aromatic heterocycles. The number of hydrogen-bond acceptors (Lipinski definition) is 8. The number of rotatable bonds is 6. The minimum absolute atomic E-state index is 0.285. The van der Waals surface area contributed by atoms with Gasteiger partial charge in [-0.1, -0.05) is 23.9 Å². The number of aryl methyl sites for hydroxylation is 2. The molecule has 2 amide bonds. The zero-order valence-corrected chi connectivity index (χ0v) is 18.8. The molecule has 3 heterocycles. The third-order valence-electron chi connectivity index (χ3n) is 4.83. The Bertz CT molecular complexity index is 1150. The number of thiophene rings is 1. The monoisotopic (exact) mass is 456 g/mol. The van der Waals surface area contributed by atoms with Crippen molar-refractivity contribution >= 4 is 40.2 Å². The molecule has 1 aliphatic heterocycles. The molecule has 2 atom stereocenters. The number of nitrogens with zero attached hydrogens (tertiary/aromatic N) is 1. The number of ether oxygens (including phenoxy) is 1. The molecular weight excluding hydrogens is 436 g/mol. The van der Waals surface area contributed by atoms with E-state index in [0.717, 1.165) is 27.1 Å². The van der Waals surface area contributed by atoms with E-state index >= 15 is 0 Å². The number of esters is 1. The molecule has 1 saturated heterocycles. The van der Waals surface area contributed by atoms with Gasteiger partial charge in [0, 0.05) is 4.88 Å². The van der Waals surface area contributed by atoms with Crippen LogP contribution in [0.4, 0.5) is 4.79 Å². The van der Waals surface area contributed by atoms with Crippen LogP contribution in [0.1, 0.15) is 45.3 Å². The Labute approximate surface area is 187 Å². The van der Waals surface area contributed by atoms with Gasteiger partial charge in [-0.3, -0.25) is 14.9 Å². The highest BCUT2D eigenvalue weighted by molar-refractivity contribution is 8.15. The molecule has 1 N–H and O–H groups in total. The maximum Gasteiger partial charge on any atom is 0.338 e. The van der Waals surface area contributed by atoms with Crippen molar-refractivity contribution in [2.24, 2.45) is 0 Å². The molecule has 3 aromatic rings. The summed E-state index contributed by atoms with van der Waals surface area (Å²) in [4.78, 5) is 42.2. The second kappa shape index (κ2) is 8.68. The molecule has 4 rings (SSSR count). The highest BCUT2D eigenvalue weighted by Gasteiger charge is 2.31. The summed E-state index contributed by atoms with van der Waals surface area (Å²) in [5.74, 6) is 0.370. The van der Waals surface area contributed by atoms with Gasteiger partial charge in [0.2, 0.25) is 11.8 Å². The van der Waals surface area contributed by atoms with Crippen LogP contribution >= 0.6 is 23.1 Å². The fourth-order valence-electron chi connectivity index (χ4n) is 3.24. The first kappa shape index (κ1) is 21.3. The third-order valence-corrected chi connectivity index (χ3v) is 6.80. The number of imide groups is 1. The van der Waals surface area contributed by atoms with Crippen molar-refractivity contribution in [1.82, 2.24) is 10.3 Å². The van der Waals surface area contributed by atoms with Crippen LogP contribution in [0.15, 0.2) is 40.8 Å². The van der Waals surface area contributed by atoms with E-state index in [4.69, 9.17) is 9.15 Å². The number of carbonyl (C=O) groups is 3. The van der Waals surface area contributed by atoms with Crippen molar-refractivity contribution in [3.8, 4) is 10.8 Å². The average molecular weight is 457 g/mol. The van der Waals surface area contributed by atoms with Crippen LogP contribution < -0.4 is 5.32 Å². The molecule has 0 bridgehead atoms. The van der Waals surface area contributed by atoms with Crippen LogP contribution in [0.25, 0.3) is 10.8 Å². The predicted octanol–water partition coefficient (Wildman–Crippen LogP) is 4.83. The second-order valence-corrected chi connectivity index (χ2v) is 9.67. The molecule has 7 nitrogen and oxygen atoms in total. The lowest BCUT2D eigenvalue weighted by Gasteiger charge is -2.12. The molecule has 9 heteroatoms. The summed E-state index contributed by atoms with van der Waals surface area (Å²) in [6.45, 7) is 5.57. The van der Waals surface area contributed by atoms with Crippen molar-refractivity contribution in [2.75, 3.05) is 0 Å². The van der Waals surface area contributed by atoms with Gasteiger partial charge in [-0.25, -0.2) is 9.78 Å². The minimum atomic E-state index is -0.574. The van der Waals surface area contributed by atoms with Crippen molar-refractivity contribution in [1.29, 1.82) is 0 Å². The Kier molecular flexibility index (Phi) is 5.97. The van der Waals surface area contributed by atoms with Crippen LogP contribution in [-0.4, -0.2) is 27.3 Å². The number of thioether (sulfide) groups is 1. The topological polar surface area (TPSA) is 98.5 Å². The first-order valence-corrected chi connectivity index (χ1v) is 11.4. The maximum absolute atomic E-state index is 12.6. The van der Waals surface area contributed by atoms with Gasteiger partial charge in [-0.05, 0) is 57.0 Å². The van der Waals surface area contributed by atoms with E-state index in [-0.39, 0.29) is 11.1 Å². The van der Waals surface area contributed by atoms with E-state index in [1.807, 2.05) is 19.1 Å². The Morgan fingerprint density at radius 1 is 1.19 bits per heavy atom. The Morgan fingerprint density at radius 3 is 2.55 bits per heavy atom. The molecule has 1 fully saturated rings. The van der Waals surface area contributed by atoms with Crippen LogP contribution in [0.5, 0.6) is 0 Å². The first-order valence-electron chi connectivity index (χ1n) is 9.65. The van der Waals surface area contributed by atoms with Crippen LogP contribution in [0, 0.1) is 13.8 Å². The van der Waals surface area contributed by atoms with Gasteiger partial charge in [0.1, 0.15) is 17.6 Å². The Morgan fingerprint density at radius 2 is 1.94 bits per heavy atom. The summed E-state index contributed by atoms with van der Waals surface area (Å²) in [5, 5.41) is 1.50. The number of carbonyl (C=O) groups excluding carboxylic acids is 3. The van der Waals surface area contributed by atoms with Crippen molar-refractivity contribution in [3.05, 3.63) is 63.9 Å². The lowest BCUT2D eigenvalue weighted by Crippen LogP contribution is -2.25. The molecule has 160 valence electrons. The van der Waals surface area contributed by atoms with Crippen LogP contribution in [-0.2, 0) is 16.0 Å². The fraction of sp³-hybridized carbons (Fsp3) is 0.273. The van der Waals surface area contributed by atoms with Gasteiger partial charge < -0.3 is 9.15 Å². The molecule has 1 aliphatic rings. The van der Waals surface area contributed by atoms with E-state index in [0.29, 0.717) is 29.3 Å². The van der Waals surface area contributed by atoms with Gasteiger partial charge >= 0.3 is 5.97 Å². The molecule has 1 aromatic carbocycles. The number of benzene rings is 1. The van der Waals surface area contributed by atoms with Crippen molar-refractivity contribution in [2.45, 2.75) is 38.5 Å². The smallest absolute Gasteiger partial charge is 0.338 e. The Hall–Kier alpha value is -2.91. The summed E-state index contributed by atoms with van der Waals surface area (Å²) in [6.07, 6.45) is -0.160. The summed E-state index contributed by atoms with van der Waals surface area (Å²) in [5.41, 5.74) is 1.83. The molecular formula is C22H20N2O5S2. The highest BCUT2D eigenvalue weighted by atomic mass is 32.2. The Balaban J connectivity index is 1.40. The number of aromatic nitrogens is 1. The second-order valence-electron chi connectivity index (χ2n) is 7.20. The predicted molar refractivity (Wildman–Crippen MR) is 118 cm³/mol. The van der Waals surface area contributed by atoms with Gasteiger partial charge in [0.15, 0.2) is 0 Å². The quantitative estimate of drug-likeness (QED) is 0.530. The first-order chi connectivity index (χ1) is 14.8. The van der Waals surface area contributed by atoms with Gasteiger partial charge in [0.05, 0.1) is 15.7 Å². The summed E-state index contributed by atoms with van der Waals surface area (Å²) < 4.78 is 11.4. The normalized spacial score (nSPS) is 16.9. The van der Waals surface area contributed by atoms with Crippen molar-refractivity contribution in [3.63, 3.8) is 0 Å². The molecule has 0 spiro atoms. The average Bonchev–Trinajstić information content (AvgIpc) is 3.41. The number of nitrogens with one attached hydrogen (secondary N) is 1. The standard InChI is InChI=1S/C22H20N2O5S2/c1-11-4-9-16(30-11)20-23-18(12(2)28-20)13(3)29-21(26)15-7-5-14(6-8-15)10-17-19(25)24-22(27)31-17/h4-9,13,17H,10H2,1-3H3,(H,24,25,27). The summed E-state index contributed by atoms with van der Waals surface area (Å²) in [6, 6.07) is 10.8. The largest absolute Gasteiger partial charge is 0.452 e.